The number of carboxylic acids is 1. The van der Waals surface area contributed by atoms with Gasteiger partial charge >= 0.3 is 5.97 Å². The van der Waals surface area contributed by atoms with Crippen LogP contribution in [0.2, 0.25) is 0 Å². The van der Waals surface area contributed by atoms with Crippen molar-refractivity contribution < 1.29 is 19.4 Å². The maximum atomic E-state index is 12.3. The molecule has 3 rings (SSSR count). The molecule has 0 aliphatic carbocycles. The van der Waals surface area contributed by atoms with Gasteiger partial charge in [-0.05, 0) is 63.4 Å². The van der Waals surface area contributed by atoms with Gasteiger partial charge in [0.25, 0.3) is 0 Å². The SMILES string of the molecule is CNC(=O)CN(Cc1cc(C)c(OC(C)(C)C(=O)O)c(C)c1)Cc1cn(-c2ccccc2)nc1C. The monoisotopic (exact) mass is 478 g/mol. The highest BCUT2D eigenvalue weighted by Gasteiger charge is 2.30. The number of likely N-dealkylation sites (N-methyl/N-ethyl adjacent to an activating group) is 1. The first kappa shape index (κ1) is 26.0. The first-order chi connectivity index (χ1) is 16.5. The number of hydrogen-bond acceptors (Lipinski definition) is 5. The van der Waals surface area contributed by atoms with Gasteiger partial charge < -0.3 is 15.2 Å². The zero-order valence-electron chi connectivity index (χ0n) is 21.3. The average molecular weight is 479 g/mol. The van der Waals surface area contributed by atoms with Crippen molar-refractivity contribution in [3.63, 3.8) is 0 Å². The predicted octanol–water partition coefficient (Wildman–Crippen LogP) is 3.79. The Morgan fingerprint density at radius 3 is 2.29 bits per heavy atom. The van der Waals surface area contributed by atoms with E-state index in [0.717, 1.165) is 33.6 Å². The van der Waals surface area contributed by atoms with Crippen molar-refractivity contribution >= 4 is 11.9 Å². The number of rotatable bonds is 10. The maximum absolute atomic E-state index is 12.3. The minimum Gasteiger partial charge on any atom is -0.478 e. The molecule has 0 aliphatic rings. The lowest BCUT2D eigenvalue weighted by Gasteiger charge is -2.26. The van der Waals surface area contributed by atoms with Gasteiger partial charge in [-0.25, -0.2) is 9.48 Å². The topological polar surface area (TPSA) is 96.7 Å². The quantitative estimate of drug-likeness (QED) is 0.460. The number of carboxylic acid groups (broad SMARTS) is 1. The second kappa shape index (κ2) is 10.7. The summed E-state index contributed by atoms with van der Waals surface area (Å²) < 4.78 is 7.69. The zero-order chi connectivity index (χ0) is 25.8. The number of nitrogens with zero attached hydrogens (tertiary/aromatic N) is 3. The molecule has 2 N–H and O–H groups in total. The highest BCUT2D eigenvalue weighted by atomic mass is 16.5. The summed E-state index contributed by atoms with van der Waals surface area (Å²) in [5, 5.41) is 16.8. The zero-order valence-corrected chi connectivity index (χ0v) is 21.3. The minimum atomic E-state index is -1.33. The molecule has 0 spiro atoms. The Balaban J connectivity index is 1.85. The first-order valence-corrected chi connectivity index (χ1v) is 11.6. The maximum Gasteiger partial charge on any atom is 0.347 e. The lowest BCUT2D eigenvalue weighted by Crippen LogP contribution is -2.38. The summed E-state index contributed by atoms with van der Waals surface area (Å²) >= 11 is 0. The van der Waals surface area contributed by atoms with Crippen molar-refractivity contribution in [1.82, 2.24) is 20.0 Å². The number of carbonyl (C=O) groups excluding carboxylic acids is 1. The van der Waals surface area contributed by atoms with E-state index in [1.165, 1.54) is 13.8 Å². The molecular weight excluding hydrogens is 444 g/mol. The number of aryl methyl sites for hydroxylation is 3. The third-order valence-corrected chi connectivity index (χ3v) is 5.86. The molecule has 0 fully saturated rings. The number of carbonyl (C=O) groups is 2. The van der Waals surface area contributed by atoms with Crippen LogP contribution < -0.4 is 10.1 Å². The third-order valence-electron chi connectivity index (χ3n) is 5.86. The Labute approximate surface area is 206 Å². The van der Waals surface area contributed by atoms with E-state index < -0.39 is 11.6 Å². The number of aliphatic carboxylic acids is 1. The van der Waals surface area contributed by atoms with E-state index in [-0.39, 0.29) is 12.5 Å². The number of ether oxygens (including phenoxy) is 1. The van der Waals surface area contributed by atoms with Crippen LogP contribution in [0.25, 0.3) is 5.69 Å². The van der Waals surface area contributed by atoms with Crippen LogP contribution in [0, 0.1) is 20.8 Å². The molecule has 1 heterocycles. The Hall–Kier alpha value is -3.65. The Bertz CT molecular complexity index is 1180. The van der Waals surface area contributed by atoms with Gasteiger partial charge in [-0.3, -0.25) is 9.69 Å². The highest BCUT2D eigenvalue weighted by Crippen LogP contribution is 2.29. The van der Waals surface area contributed by atoms with Gasteiger partial charge in [-0.2, -0.15) is 5.10 Å². The van der Waals surface area contributed by atoms with E-state index in [1.54, 1.807) is 7.05 Å². The predicted molar refractivity (Wildman–Crippen MR) is 135 cm³/mol. The van der Waals surface area contributed by atoms with Gasteiger partial charge in [0.2, 0.25) is 5.91 Å². The molecule has 1 amide bonds. The number of nitrogens with one attached hydrogen (secondary N) is 1. The first-order valence-electron chi connectivity index (χ1n) is 11.6. The van der Waals surface area contributed by atoms with E-state index >= 15 is 0 Å². The summed E-state index contributed by atoms with van der Waals surface area (Å²) in [4.78, 5) is 25.8. The summed E-state index contributed by atoms with van der Waals surface area (Å²) in [5.41, 5.74) is 4.30. The van der Waals surface area contributed by atoms with Gasteiger partial charge in [0.1, 0.15) is 5.75 Å². The number of aromatic nitrogens is 2. The Morgan fingerprint density at radius 1 is 1.09 bits per heavy atom. The van der Waals surface area contributed by atoms with E-state index in [0.29, 0.717) is 18.8 Å². The molecule has 0 saturated heterocycles. The van der Waals surface area contributed by atoms with Crippen LogP contribution in [-0.4, -0.2) is 50.9 Å². The highest BCUT2D eigenvalue weighted by molar-refractivity contribution is 5.77. The van der Waals surface area contributed by atoms with Crippen LogP contribution in [0.1, 0.15) is 41.8 Å². The smallest absolute Gasteiger partial charge is 0.347 e. The molecule has 8 heteroatoms. The van der Waals surface area contributed by atoms with Crippen molar-refractivity contribution in [2.45, 2.75) is 53.3 Å². The van der Waals surface area contributed by atoms with Crippen LogP contribution in [0.15, 0.2) is 48.7 Å². The molecule has 3 aromatic rings. The number of amides is 1. The molecule has 1 aromatic heterocycles. The number of para-hydroxylation sites is 1. The van der Waals surface area contributed by atoms with Crippen LogP contribution in [0.3, 0.4) is 0 Å². The fourth-order valence-electron chi connectivity index (χ4n) is 3.90. The second-order valence-electron chi connectivity index (χ2n) is 9.31. The molecule has 0 saturated carbocycles. The fraction of sp³-hybridized carbons (Fsp3) is 0.370. The molecule has 0 aliphatic heterocycles. The molecule has 0 radical (unpaired) electrons. The van der Waals surface area contributed by atoms with E-state index in [4.69, 9.17) is 4.74 Å². The summed E-state index contributed by atoms with van der Waals surface area (Å²) in [7, 11) is 1.63. The molecular formula is C27H34N4O4. The Kier molecular flexibility index (Phi) is 7.96. The molecule has 8 nitrogen and oxygen atoms in total. The molecule has 2 aromatic carbocycles. The van der Waals surface area contributed by atoms with Crippen LogP contribution in [0.5, 0.6) is 5.75 Å². The lowest BCUT2D eigenvalue weighted by atomic mass is 10.0. The lowest BCUT2D eigenvalue weighted by molar-refractivity contribution is -0.152. The van der Waals surface area contributed by atoms with Crippen molar-refractivity contribution in [3.05, 3.63) is 76.6 Å². The fourth-order valence-corrected chi connectivity index (χ4v) is 3.90. The molecule has 35 heavy (non-hydrogen) atoms. The molecule has 0 unspecified atom stereocenters. The van der Waals surface area contributed by atoms with E-state index in [2.05, 4.69) is 15.3 Å². The number of hydrogen-bond donors (Lipinski definition) is 2. The van der Waals surface area contributed by atoms with Crippen LogP contribution in [-0.2, 0) is 22.7 Å². The van der Waals surface area contributed by atoms with Crippen molar-refractivity contribution in [3.8, 4) is 11.4 Å². The van der Waals surface area contributed by atoms with Gasteiger partial charge in [0.05, 0.1) is 17.9 Å². The third kappa shape index (κ3) is 6.48. The largest absolute Gasteiger partial charge is 0.478 e. The van der Waals surface area contributed by atoms with Gasteiger partial charge in [-0.1, -0.05) is 30.3 Å². The van der Waals surface area contributed by atoms with Crippen LogP contribution >= 0.6 is 0 Å². The molecule has 0 bridgehead atoms. The summed E-state index contributed by atoms with van der Waals surface area (Å²) in [6.45, 7) is 10.2. The van der Waals surface area contributed by atoms with E-state index in [1.807, 2.05) is 74.1 Å². The minimum absolute atomic E-state index is 0.0743. The summed E-state index contributed by atoms with van der Waals surface area (Å²) in [6, 6.07) is 13.9. The van der Waals surface area contributed by atoms with Crippen molar-refractivity contribution in [2.24, 2.45) is 0 Å². The van der Waals surface area contributed by atoms with Crippen molar-refractivity contribution in [1.29, 1.82) is 0 Å². The van der Waals surface area contributed by atoms with E-state index in [9.17, 15) is 14.7 Å². The Morgan fingerprint density at radius 2 is 1.71 bits per heavy atom. The summed E-state index contributed by atoms with van der Waals surface area (Å²) in [5.74, 6) is -0.530. The standard InChI is InChI=1S/C27H34N4O4/c1-18-12-21(13-19(2)25(18)35-27(4,5)26(33)34)14-30(17-24(32)28-6)15-22-16-31(29-20(22)3)23-10-8-7-9-11-23/h7-13,16H,14-15,17H2,1-6H3,(H,28,32)(H,33,34). The molecule has 186 valence electrons. The number of benzene rings is 2. The van der Waals surface area contributed by atoms with Gasteiger partial charge in [-0.15, -0.1) is 0 Å². The van der Waals surface area contributed by atoms with Crippen molar-refractivity contribution in [2.75, 3.05) is 13.6 Å². The average Bonchev–Trinajstić information content (AvgIpc) is 3.16. The van der Waals surface area contributed by atoms with Gasteiger partial charge in [0.15, 0.2) is 5.60 Å². The van der Waals surface area contributed by atoms with Gasteiger partial charge in [0, 0.05) is 31.9 Å². The summed E-state index contributed by atoms with van der Waals surface area (Å²) in [6.07, 6.45) is 2.00. The normalized spacial score (nSPS) is 11.5. The molecule has 0 atom stereocenters. The van der Waals surface area contributed by atoms with Crippen LogP contribution in [0.4, 0.5) is 0 Å². The second-order valence-corrected chi connectivity index (χ2v) is 9.31.